The summed E-state index contributed by atoms with van der Waals surface area (Å²) in [4.78, 5) is 25.2. The number of hydrogen-bond acceptors (Lipinski definition) is 3. The summed E-state index contributed by atoms with van der Waals surface area (Å²) in [6.07, 6.45) is 0. The Morgan fingerprint density at radius 3 is 2.31 bits per heavy atom. The Bertz CT molecular complexity index is 919. The number of carbonyl (C=O) groups excluding carboxylic acids is 2. The third kappa shape index (κ3) is 4.05. The van der Waals surface area contributed by atoms with Crippen molar-refractivity contribution in [2.75, 3.05) is 12.4 Å². The minimum atomic E-state index is -0.234. The molecule has 0 aliphatic carbocycles. The first-order valence-electron chi connectivity index (χ1n) is 8.27. The summed E-state index contributed by atoms with van der Waals surface area (Å²) >= 11 is 0. The first kappa shape index (κ1) is 17.6. The molecule has 0 spiro atoms. The first-order chi connectivity index (χ1) is 12.7. The highest BCUT2D eigenvalue weighted by Crippen LogP contribution is 2.17. The fraction of sp³-hybridized carbons (Fsp3) is 0.0909. The molecule has 3 aromatic carbocycles. The van der Waals surface area contributed by atoms with Crippen LogP contribution in [0.3, 0.4) is 0 Å². The van der Waals surface area contributed by atoms with Crippen molar-refractivity contribution in [3.05, 3.63) is 101 Å². The maximum atomic E-state index is 12.6. The molecule has 26 heavy (non-hydrogen) atoms. The molecule has 1 N–H and O–H groups in total. The Balaban J connectivity index is 1.81. The SMILES string of the molecule is COCc1ccccc1C(=O)Nc1cccc(C(=O)c2ccccc2)c1. The van der Waals surface area contributed by atoms with E-state index in [9.17, 15) is 9.59 Å². The number of ketones is 1. The van der Waals surface area contributed by atoms with Gasteiger partial charge in [-0.1, -0.05) is 60.7 Å². The Morgan fingerprint density at radius 1 is 0.846 bits per heavy atom. The van der Waals surface area contributed by atoms with Crippen LogP contribution in [0.2, 0.25) is 0 Å². The van der Waals surface area contributed by atoms with Crippen LogP contribution in [0.1, 0.15) is 31.8 Å². The summed E-state index contributed by atoms with van der Waals surface area (Å²) in [6.45, 7) is 0.357. The minimum Gasteiger partial charge on any atom is -0.380 e. The predicted octanol–water partition coefficient (Wildman–Crippen LogP) is 4.32. The number of amides is 1. The van der Waals surface area contributed by atoms with Crippen LogP contribution in [0.5, 0.6) is 0 Å². The maximum absolute atomic E-state index is 12.6. The second-order valence-electron chi connectivity index (χ2n) is 5.82. The van der Waals surface area contributed by atoms with Crippen molar-refractivity contribution < 1.29 is 14.3 Å². The normalized spacial score (nSPS) is 10.3. The van der Waals surface area contributed by atoms with Crippen LogP contribution in [0, 0.1) is 0 Å². The van der Waals surface area contributed by atoms with Crippen molar-refractivity contribution in [3.8, 4) is 0 Å². The maximum Gasteiger partial charge on any atom is 0.256 e. The topological polar surface area (TPSA) is 55.4 Å². The highest BCUT2D eigenvalue weighted by atomic mass is 16.5. The molecule has 0 unspecified atom stereocenters. The Hall–Kier alpha value is -3.24. The van der Waals surface area contributed by atoms with Crippen LogP contribution in [0.15, 0.2) is 78.9 Å². The van der Waals surface area contributed by atoms with Gasteiger partial charge in [-0.3, -0.25) is 9.59 Å². The molecule has 0 radical (unpaired) electrons. The van der Waals surface area contributed by atoms with E-state index in [1.807, 2.05) is 36.4 Å². The Kier molecular flexibility index (Phi) is 5.56. The first-order valence-corrected chi connectivity index (χ1v) is 8.27. The van der Waals surface area contributed by atoms with Crippen LogP contribution in [0.25, 0.3) is 0 Å². The van der Waals surface area contributed by atoms with E-state index < -0.39 is 0 Å². The van der Waals surface area contributed by atoms with E-state index in [0.717, 1.165) is 5.56 Å². The van der Waals surface area contributed by atoms with Crippen molar-refractivity contribution in [2.24, 2.45) is 0 Å². The van der Waals surface area contributed by atoms with Gasteiger partial charge >= 0.3 is 0 Å². The summed E-state index contributed by atoms with van der Waals surface area (Å²) in [6, 6.07) is 23.3. The molecule has 3 aromatic rings. The van der Waals surface area contributed by atoms with Crippen molar-refractivity contribution >= 4 is 17.4 Å². The smallest absolute Gasteiger partial charge is 0.256 e. The molecule has 0 atom stereocenters. The van der Waals surface area contributed by atoms with E-state index in [-0.39, 0.29) is 11.7 Å². The lowest BCUT2D eigenvalue weighted by molar-refractivity contribution is 0.101. The number of hydrogen-bond donors (Lipinski definition) is 1. The van der Waals surface area contributed by atoms with Gasteiger partial charge in [-0.2, -0.15) is 0 Å². The van der Waals surface area contributed by atoms with Gasteiger partial charge in [0.15, 0.2) is 5.78 Å². The number of ether oxygens (including phenoxy) is 1. The van der Waals surface area contributed by atoms with E-state index >= 15 is 0 Å². The third-order valence-corrected chi connectivity index (χ3v) is 3.98. The van der Waals surface area contributed by atoms with Gasteiger partial charge in [0.05, 0.1) is 6.61 Å². The summed E-state index contributed by atoms with van der Waals surface area (Å²) < 4.78 is 5.14. The van der Waals surface area contributed by atoms with Gasteiger partial charge in [0.2, 0.25) is 0 Å². The van der Waals surface area contributed by atoms with E-state index in [4.69, 9.17) is 4.74 Å². The van der Waals surface area contributed by atoms with Gasteiger partial charge in [0, 0.05) is 29.5 Å². The van der Waals surface area contributed by atoms with Crippen molar-refractivity contribution in [3.63, 3.8) is 0 Å². The van der Waals surface area contributed by atoms with Crippen LogP contribution in [-0.2, 0) is 11.3 Å². The molecule has 0 aliphatic rings. The van der Waals surface area contributed by atoms with Gasteiger partial charge in [0.1, 0.15) is 0 Å². The van der Waals surface area contributed by atoms with E-state index in [0.29, 0.717) is 29.0 Å². The van der Waals surface area contributed by atoms with Crippen molar-refractivity contribution in [1.29, 1.82) is 0 Å². The third-order valence-electron chi connectivity index (χ3n) is 3.98. The van der Waals surface area contributed by atoms with E-state index in [2.05, 4.69) is 5.32 Å². The van der Waals surface area contributed by atoms with Crippen LogP contribution >= 0.6 is 0 Å². The van der Waals surface area contributed by atoms with Gasteiger partial charge in [-0.25, -0.2) is 0 Å². The van der Waals surface area contributed by atoms with E-state index in [1.165, 1.54) is 0 Å². The standard InChI is InChI=1S/C22H19NO3/c1-26-15-18-10-5-6-13-20(18)22(25)23-19-12-7-11-17(14-19)21(24)16-8-3-2-4-9-16/h2-14H,15H2,1H3,(H,23,25). The molecule has 0 saturated heterocycles. The predicted molar refractivity (Wildman–Crippen MR) is 101 cm³/mol. The van der Waals surface area contributed by atoms with Gasteiger partial charge in [-0.05, 0) is 23.8 Å². The molecule has 3 rings (SSSR count). The fourth-order valence-electron chi connectivity index (χ4n) is 2.72. The number of rotatable bonds is 6. The molecule has 0 heterocycles. The summed E-state index contributed by atoms with van der Waals surface area (Å²) in [5.74, 6) is -0.316. The quantitative estimate of drug-likeness (QED) is 0.677. The molecule has 0 aliphatic heterocycles. The van der Waals surface area contributed by atoms with Crippen molar-refractivity contribution in [2.45, 2.75) is 6.61 Å². The molecule has 0 aromatic heterocycles. The molecule has 0 bridgehead atoms. The monoisotopic (exact) mass is 345 g/mol. The molecule has 130 valence electrons. The lowest BCUT2D eigenvalue weighted by atomic mass is 10.0. The zero-order valence-corrected chi connectivity index (χ0v) is 14.4. The summed E-state index contributed by atoms with van der Waals surface area (Å²) in [7, 11) is 1.59. The number of anilines is 1. The largest absolute Gasteiger partial charge is 0.380 e. The molecular formula is C22H19NO3. The Labute approximate surface area is 152 Å². The van der Waals surface area contributed by atoms with Crippen molar-refractivity contribution in [1.82, 2.24) is 0 Å². The molecule has 4 nitrogen and oxygen atoms in total. The summed E-state index contributed by atoms with van der Waals surface area (Å²) in [5, 5.41) is 2.86. The molecule has 0 fully saturated rings. The second kappa shape index (κ2) is 8.23. The van der Waals surface area contributed by atoms with Crippen LogP contribution in [0.4, 0.5) is 5.69 Å². The van der Waals surface area contributed by atoms with Crippen LogP contribution < -0.4 is 5.32 Å². The molecule has 0 saturated carbocycles. The van der Waals surface area contributed by atoms with Crippen LogP contribution in [-0.4, -0.2) is 18.8 Å². The second-order valence-corrected chi connectivity index (χ2v) is 5.82. The Morgan fingerprint density at radius 2 is 1.54 bits per heavy atom. The lowest BCUT2D eigenvalue weighted by Crippen LogP contribution is -2.15. The number of carbonyl (C=O) groups is 2. The lowest BCUT2D eigenvalue weighted by Gasteiger charge is -2.10. The van der Waals surface area contributed by atoms with Gasteiger partial charge < -0.3 is 10.1 Å². The zero-order chi connectivity index (χ0) is 18.4. The number of nitrogens with one attached hydrogen (secondary N) is 1. The van der Waals surface area contributed by atoms with Gasteiger partial charge in [0.25, 0.3) is 5.91 Å². The molecule has 1 amide bonds. The molecule has 4 heteroatoms. The highest BCUT2D eigenvalue weighted by molar-refractivity contribution is 6.10. The van der Waals surface area contributed by atoms with E-state index in [1.54, 1.807) is 49.6 Å². The average molecular weight is 345 g/mol. The molecular weight excluding hydrogens is 326 g/mol. The number of benzene rings is 3. The average Bonchev–Trinajstić information content (AvgIpc) is 2.69. The fourth-order valence-corrected chi connectivity index (χ4v) is 2.72. The summed E-state index contributed by atoms with van der Waals surface area (Å²) in [5.41, 5.74) is 3.07. The highest BCUT2D eigenvalue weighted by Gasteiger charge is 2.13. The van der Waals surface area contributed by atoms with Gasteiger partial charge in [-0.15, -0.1) is 0 Å². The minimum absolute atomic E-state index is 0.0820. The number of methoxy groups -OCH3 is 1. The zero-order valence-electron chi connectivity index (χ0n) is 14.4.